The van der Waals surface area contributed by atoms with Gasteiger partial charge in [-0.1, -0.05) is 64.3 Å². The van der Waals surface area contributed by atoms with Crippen molar-refractivity contribution in [2.24, 2.45) is 39.4 Å². The third-order valence-electron chi connectivity index (χ3n) is 12.2. The lowest BCUT2D eigenvalue weighted by Crippen LogP contribution is -2.61. The lowest BCUT2D eigenvalue weighted by molar-refractivity contribution is -0.309. The van der Waals surface area contributed by atoms with Crippen LogP contribution >= 0.6 is 0 Å². The van der Waals surface area contributed by atoms with Gasteiger partial charge in [-0.2, -0.15) is 0 Å². The average molecular weight is 471 g/mol. The summed E-state index contributed by atoms with van der Waals surface area (Å²) >= 11 is 0. The minimum Gasteiger partial charge on any atom is -0.365 e. The molecule has 2 fully saturated rings. The summed E-state index contributed by atoms with van der Waals surface area (Å²) in [5.41, 5.74) is 5.85. The highest BCUT2D eigenvalue weighted by atomic mass is 16.6. The average Bonchev–Trinajstić information content (AvgIpc) is 3.03. The number of aliphatic hydroxyl groups is 1. The number of ether oxygens (including phenoxy) is 1. The molecule has 0 aromatic heterocycles. The quantitative estimate of drug-likeness (QED) is 0.310. The summed E-state index contributed by atoms with van der Waals surface area (Å²) in [7, 11) is 0. The predicted molar refractivity (Wildman–Crippen MR) is 143 cm³/mol. The first-order valence-corrected chi connectivity index (χ1v) is 14.5. The van der Waals surface area contributed by atoms with Crippen molar-refractivity contribution < 1.29 is 9.84 Å². The van der Waals surface area contributed by atoms with Gasteiger partial charge in [0.25, 0.3) is 0 Å². The zero-order valence-electron chi connectivity index (χ0n) is 23.9. The van der Waals surface area contributed by atoms with Gasteiger partial charge in [-0.3, -0.25) is 0 Å². The van der Waals surface area contributed by atoms with Gasteiger partial charge in [-0.15, -0.1) is 0 Å². The molecule has 1 N–H and O–H groups in total. The molecule has 4 rings (SSSR count). The fraction of sp³-hybridized carbons (Fsp3) is 0.875. The molecule has 0 aromatic rings. The number of hydrogen-bond donors (Lipinski definition) is 1. The van der Waals surface area contributed by atoms with Crippen molar-refractivity contribution in [3.63, 3.8) is 0 Å². The number of fused-ring (bicyclic) bond motifs is 4. The zero-order chi connectivity index (χ0) is 25.2. The molecule has 194 valence electrons. The van der Waals surface area contributed by atoms with E-state index >= 15 is 0 Å². The fourth-order valence-electron chi connectivity index (χ4n) is 9.91. The van der Waals surface area contributed by atoms with Crippen LogP contribution in [-0.2, 0) is 4.74 Å². The SMILES string of the molecule is CCOC1(O)CC[C@]2(C)C3=C(CCC2C1(C)C)[C@]1(C)CC[C@H]([C@H](C)CCC=C(C)C)[C@@]1(C)CC3. The van der Waals surface area contributed by atoms with Crippen molar-refractivity contribution >= 4 is 0 Å². The van der Waals surface area contributed by atoms with Gasteiger partial charge in [0.15, 0.2) is 5.79 Å². The summed E-state index contributed by atoms with van der Waals surface area (Å²) in [4.78, 5) is 0. The summed E-state index contributed by atoms with van der Waals surface area (Å²) in [6.45, 7) is 22.0. The largest absolute Gasteiger partial charge is 0.365 e. The summed E-state index contributed by atoms with van der Waals surface area (Å²) in [5.74, 6) is 1.13. The Morgan fingerprint density at radius 1 is 1.00 bits per heavy atom. The van der Waals surface area contributed by atoms with E-state index in [1.165, 1.54) is 56.9 Å². The maximum atomic E-state index is 11.5. The Labute approximate surface area is 211 Å². The molecule has 34 heavy (non-hydrogen) atoms. The normalized spacial score (nSPS) is 44.2. The molecule has 0 heterocycles. The first-order chi connectivity index (χ1) is 15.8. The van der Waals surface area contributed by atoms with E-state index in [-0.39, 0.29) is 10.8 Å². The van der Waals surface area contributed by atoms with Crippen molar-refractivity contribution in [3.8, 4) is 0 Å². The van der Waals surface area contributed by atoms with Crippen LogP contribution in [0.2, 0.25) is 0 Å². The standard InChI is InChI=1S/C32H54O2/c1-10-34-32(33)21-20-29(7)25-17-19-30(8)24(23(4)13-11-12-22(2)3)16-18-31(30,9)26(25)14-15-27(29)28(32,5)6/h12,23-24,27,33H,10-11,13-21H2,1-9H3/t23-,24-,27?,29-,30-,31+,32?/m1/s1. The van der Waals surface area contributed by atoms with E-state index in [0.29, 0.717) is 23.4 Å². The highest BCUT2D eigenvalue weighted by Crippen LogP contribution is 2.73. The Balaban J connectivity index is 1.65. The minimum atomic E-state index is -0.990. The van der Waals surface area contributed by atoms with Gasteiger partial charge < -0.3 is 9.84 Å². The van der Waals surface area contributed by atoms with E-state index in [0.717, 1.165) is 24.7 Å². The van der Waals surface area contributed by atoms with Gasteiger partial charge in [0.2, 0.25) is 0 Å². The van der Waals surface area contributed by atoms with E-state index in [2.05, 4.69) is 61.5 Å². The van der Waals surface area contributed by atoms with Crippen LogP contribution < -0.4 is 0 Å². The first kappa shape index (κ1) is 26.5. The molecular formula is C32H54O2. The maximum absolute atomic E-state index is 11.5. The predicted octanol–water partition coefficient (Wildman–Crippen LogP) is 8.84. The Morgan fingerprint density at radius 2 is 1.71 bits per heavy atom. The van der Waals surface area contributed by atoms with E-state index in [1.54, 1.807) is 5.57 Å². The third kappa shape index (κ3) is 3.63. The molecule has 4 aliphatic rings. The highest BCUT2D eigenvalue weighted by molar-refractivity contribution is 5.39. The molecule has 0 aliphatic heterocycles. The Kier molecular flexibility index (Phi) is 6.82. The van der Waals surface area contributed by atoms with Gasteiger partial charge in [-0.25, -0.2) is 0 Å². The van der Waals surface area contributed by atoms with Crippen molar-refractivity contribution in [2.75, 3.05) is 6.61 Å². The second-order valence-corrected chi connectivity index (χ2v) is 14.1. The molecule has 0 bridgehead atoms. The summed E-state index contributed by atoms with van der Waals surface area (Å²) in [6, 6.07) is 0. The Hall–Kier alpha value is -0.600. The van der Waals surface area contributed by atoms with Gasteiger partial charge >= 0.3 is 0 Å². The zero-order valence-corrected chi connectivity index (χ0v) is 23.9. The molecule has 0 aromatic carbocycles. The molecule has 2 unspecified atom stereocenters. The van der Waals surface area contributed by atoms with E-state index in [1.807, 2.05) is 12.5 Å². The fourth-order valence-corrected chi connectivity index (χ4v) is 9.91. The van der Waals surface area contributed by atoms with E-state index in [4.69, 9.17) is 4.74 Å². The molecule has 0 saturated heterocycles. The molecule has 0 spiro atoms. The molecule has 0 radical (unpaired) electrons. The summed E-state index contributed by atoms with van der Waals surface area (Å²) in [5, 5.41) is 11.5. The second kappa shape index (κ2) is 8.76. The van der Waals surface area contributed by atoms with Crippen LogP contribution in [0, 0.1) is 39.4 Å². The van der Waals surface area contributed by atoms with Gasteiger partial charge in [0.05, 0.1) is 0 Å². The first-order valence-electron chi connectivity index (χ1n) is 14.5. The summed E-state index contributed by atoms with van der Waals surface area (Å²) < 4.78 is 6.04. The van der Waals surface area contributed by atoms with Crippen LogP contribution in [0.25, 0.3) is 0 Å². The maximum Gasteiger partial charge on any atom is 0.170 e. The van der Waals surface area contributed by atoms with Crippen molar-refractivity contribution in [1.29, 1.82) is 0 Å². The third-order valence-corrected chi connectivity index (χ3v) is 12.2. The number of rotatable bonds is 6. The smallest absolute Gasteiger partial charge is 0.170 e. The molecule has 2 heteroatoms. The van der Waals surface area contributed by atoms with Crippen LogP contribution in [0.15, 0.2) is 22.8 Å². The lowest BCUT2D eigenvalue weighted by atomic mass is 9.42. The van der Waals surface area contributed by atoms with Crippen molar-refractivity contribution in [1.82, 2.24) is 0 Å². The lowest BCUT2D eigenvalue weighted by Gasteiger charge is -2.64. The van der Waals surface area contributed by atoms with E-state index < -0.39 is 5.79 Å². The number of allylic oxidation sites excluding steroid dienone is 4. The highest BCUT2D eigenvalue weighted by Gasteiger charge is 2.65. The topological polar surface area (TPSA) is 29.5 Å². The second-order valence-electron chi connectivity index (χ2n) is 14.1. The number of hydrogen-bond acceptors (Lipinski definition) is 2. The molecule has 7 atom stereocenters. The molecule has 2 saturated carbocycles. The van der Waals surface area contributed by atoms with Crippen LogP contribution in [0.3, 0.4) is 0 Å². The van der Waals surface area contributed by atoms with Crippen LogP contribution in [-0.4, -0.2) is 17.5 Å². The van der Waals surface area contributed by atoms with Crippen molar-refractivity contribution in [2.45, 2.75) is 132 Å². The molecule has 2 nitrogen and oxygen atoms in total. The molecule has 4 aliphatic carbocycles. The van der Waals surface area contributed by atoms with E-state index in [9.17, 15) is 5.11 Å². The van der Waals surface area contributed by atoms with Crippen LogP contribution in [0.5, 0.6) is 0 Å². The monoisotopic (exact) mass is 470 g/mol. The minimum absolute atomic E-state index is 0.206. The van der Waals surface area contributed by atoms with Gasteiger partial charge in [0, 0.05) is 18.4 Å². The molecular weight excluding hydrogens is 416 g/mol. The molecule has 0 amide bonds. The Morgan fingerprint density at radius 3 is 2.35 bits per heavy atom. The van der Waals surface area contributed by atoms with Crippen molar-refractivity contribution in [3.05, 3.63) is 22.8 Å². The van der Waals surface area contributed by atoms with Gasteiger partial charge in [-0.05, 0) is 113 Å². The van der Waals surface area contributed by atoms with Crippen LogP contribution in [0.1, 0.15) is 127 Å². The summed E-state index contributed by atoms with van der Waals surface area (Å²) in [6.07, 6.45) is 14.6. The van der Waals surface area contributed by atoms with Gasteiger partial charge in [0.1, 0.15) is 0 Å². The Bertz CT molecular complexity index is 847. The van der Waals surface area contributed by atoms with Crippen LogP contribution in [0.4, 0.5) is 0 Å².